The monoisotopic (exact) mass is 448 g/mol. The summed E-state index contributed by atoms with van der Waals surface area (Å²) < 4.78 is 0. The lowest BCUT2D eigenvalue weighted by Gasteiger charge is -2.35. The molecule has 0 N–H and O–H groups in total. The van der Waals surface area contributed by atoms with Gasteiger partial charge in [-0.2, -0.15) is 0 Å². The van der Waals surface area contributed by atoms with E-state index in [1.807, 2.05) is 53.6 Å². The molecule has 1 aromatic heterocycles. The maximum absolute atomic E-state index is 14.0. The summed E-state index contributed by atoms with van der Waals surface area (Å²) in [6, 6.07) is 11.4. The number of hydrogen-bond donors (Lipinski definition) is 0. The number of thiophene rings is 1. The van der Waals surface area contributed by atoms with Crippen LogP contribution in [-0.4, -0.2) is 28.8 Å². The van der Waals surface area contributed by atoms with E-state index in [0.29, 0.717) is 0 Å². The van der Waals surface area contributed by atoms with Crippen LogP contribution in [0.2, 0.25) is 0 Å². The van der Waals surface area contributed by atoms with Crippen LogP contribution < -0.4 is 4.90 Å². The highest BCUT2D eigenvalue weighted by molar-refractivity contribution is 7.10. The van der Waals surface area contributed by atoms with Gasteiger partial charge in [0.25, 0.3) is 5.91 Å². The number of carbonyl (C=O) groups is 2. The lowest BCUT2D eigenvalue weighted by atomic mass is 9.94. The summed E-state index contributed by atoms with van der Waals surface area (Å²) in [5.41, 5.74) is 3.79. The number of benzene rings is 1. The lowest BCUT2D eigenvalue weighted by Crippen LogP contribution is -2.50. The molecule has 2 aromatic rings. The zero-order chi connectivity index (χ0) is 22.7. The van der Waals surface area contributed by atoms with Crippen LogP contribution in [0, 0.1) is 6.92 Å². The minimum atomic E-state index is -0.653. The molecule has 1 aliphatic heterocycles. The first-order chi connectivity index (χ1) is 15.5. The lowest BCUT2D eigenvalue weighted by molar-refractivity contribution is -0.132. The molecule has 5 heteroatoms. The molecule has 32 heavy (non-hydrogen) atoms. The van der Waals surface area contributed by atoms with Crippen molar-refractivity contribution in [1.29, 1.82) is 0 Å². The molecule has 0 bridgehead atoms. The molecule has 0 radical (unpaired) electrons. The topological polar surface area (TPSA) is 40.6 Å². The molecule has 1 unspecified atom stereocenters. The number of nitrogens with zero attached hydrogens (tertiary/aromatic N) is 2. The van der Waals surface area contributed by atoms with Gasteiger partial charge in [0.1, 0.15) is 6.04 Å². The van der Waals surface area contributed by atoms with E-state index in [0.717, 1.165) is 59.5 Å². The van der Waals surface area contributed by atoms with Gasteiger partial charge in [-0.15, -0.1) is 11.3 Å². The van der Waals surface area contributed by atoms with Gasteiger partial charge in [-0.05, 0) is 49.8 Å². The fraction of sp³-hybridized carbons (Fsp3) is 0.407. The highest BCUT2D eigenvalue weighted by Crippen LogP contribution is 2.38. The van der Waals surface area contributed by atoms with Crippen LogP contribution in [0.3, 0.4) is 0 Å². The summed E-state index contributed by atoms with van der Waals surface area (Å²) in [4.78, 5) is 32.4. The largest absolute Gasteiger partial charge is 0.311 e. The molecular weight excluding hydrogens is 416 g/mol. The number of carbonyl (C=O) groups excluding carboxylic acids is 2. The Morgan fingerprint density at radius 2 is 1.91 bits per heavy atom. The molecule has 4 rings (SSSR count). The highest BCUT2D eigenvalue weighted by atomic mass is 32.1. The molecule has 1 atom stereocenters. The van der Waals surface area contributed by atoms with Crippen molar-refractivity contribution in [3.63, 3.8) is 0 Å². The number of allylic oxidation sites excluding steroid dienone is 1. The molecule has 2 amide bonds. The van der Waals surface area contributed by atoms with Crippen molar-refractivity contribution in [2.24, 2.45) is 0 Å². The fourth-order valence-electron chi connectivity index (χ4n) is 5.08. The average Bonchev–Trinajstić information content (AvgIpc) is 3.41. The smallest absolute Gasteiger partial charge is 0.254 e. The third-order valence-corrected chi connectivity index (χ3v) is 7.51. The molecule has 2 heterocycles. The number of rotatable bonds is 7. The SMILES string of the molecule is C=CC1=C(CC)N(C2CCCCC2)C(=O)C1N(C(=O)Cc1cccs1)c1ccc(C)cc1. The Morgan fingerprint density at radius 1 is 1.19 bits per heavy atom. The second-order valence-electron chi connectivity index (χ2n) is 8.72. The Bertz CT molecular complexity index is 1000. The van der Waals surface area contributed by atoms with E-state index in [9.17, 15) is 9.59 Å². The zero-order valence-electron chi connectivity index (χ0n) is 19.0. The van der Waals surface area contributed by atoms with E-state index < -0.39 is 6.04 Å². The van der Waals surface area contributed by atoms with E-state index in [1.165, 1.54) is 6.42 Å². The third-order valence-electron chi connectivity index (χ3n) is 6.63. The molecule has 1 fully saturated rings. The summed E-state index contributed by atoms with van der Waals surface area (Å²) in [6.45, 7) is 8.17. The Morgan fingerprint density at radius 3 is 2.50 bits per heavy atom. The number of hydrogen-bond acceptors (Lipinski definition) is 3. The Hall–Kier alpha value is -2.66. The van der Waals surface area contributed by atoms with Crippen molar-refractivity contribution >= 4 is 28.8 Å². The van der Waals surface area contributed by atoms with Gasteiger partial charge in [0.15, 0.2) is 0 Å². The summed E-state index contributed by atoms with van der Waals surface area (Å²) >= 11 is 1.57. The minimum absolute atomic E-state index is 0.0174. The van der Waals surface area contributed by atoms with Gasteiger partial charge < -0.3 is 4.90 Å². The molecule has 1 aliphatic carbocycles. The highest BCUT2D eigenvalue weighted by Gasteiger charge is 2.45. The Balaban J connectivity index is 1.76. The summed E-state index contributed by atoms with van der Waals surface area (Å²) in [7, 11) is 0. The van der Waals surface area contributed by atoms with Crippen LogP contribution >= 0.6 is 11.3 Å². The Labute approximate surface area is 195 Å². The third kappa shape index (κ3) is 4.31. The minimum Gasteiger partial charge on any atom is -0.311 e. The van der Waals surface area contributed by atoms with Crippen molar-refractivity contribution in [3.05, 3.63) is 76.1 Å². The fourth-order valence-corrected chi connectivity index (χ4v) is 5.77. The van der Waals surface area contributed by atoms with Gasteiger partial charge in [-0.25, -0.2) is 0 Å². The molecule has 2 aliphatic rings. The summed E-state index contributed by atoms with van der Waals surface area (Å²) in [5.74, 6) is -0.0429. The van der Waals surface area contributed by atoms with Crippen LogP contribution in [0.15, 0.2) is 65.7 Å². The quantitative estimate of drug-likeness (QED) is 0.519. The predicted molar refractivity (Wildman–Crippen MR) is 132 cm³/mol. The van der Waals surface area contributed by atoms with E-state index >= 15 is 0 Å². The first-order valence-corrected chi connectivity index (χ1v) is 12.5. The van der Waals surface area contributed by atoms with E-state index in [-0.39, 0.29) is 24.3 Å². The van der Waals surface area contributed by atoms with Crippen molar-refractivity contribution < 1.29 is 9.59 Å². The van der Waals surface area contributed by atoms with Crippen LogP contribution in [-0.2, 0) is 16.0 Å². The second kappa shape index (κ2) is 9.86. The van der Waals surface area contributed by atoms with E-state index in [4.69, 9.17) is 0 Å². The standard InChI is InChI=1S/C27H32N2O2S/c1-4-23-24(5-2)28(20-10-7-6-8-11-20)27(31)26(23)29(21-15-13-19(3)14-16-21)25(30)18-22-12-9-17-32-22/h4,9,12-17,20,26H,1,5-8,10-11,18H2,2-3H3. The molecule has 1 aromatic carbocycles. The van der Waals surface area contributed by atoms with E-state index in [2.05, 4.69) is 13.5 Å². The molecular formula is C27H32N2O2S. The number of amides is 2. The molecule has 168 valence electrons. The van der Waals surface area contributed by atoms with Gasteiger partial charge in [-0.3, -0.25) is 14.5 Å². The maximum atomic E-state index is 14.0. The van der Waals surface area contributed by atoms with E-state index in [1.54, 1.807) is 22.3 Å². The maximum Gasteiger partial charge on any atom is 0.254 e. The normalized spacial score (nSPS) is 19.5. The van der Waals surface area contributed by atoms with Crippen molar-refractivity contribution in [3.8, 4) is 0 Å². The first-order valence-electron chi connectivity index (χ1n) is 11.6. The van der Waals surface area contributed by atoms with Crippen molar-refractivity contribution in [1.82, 2.24) is 4.90 Å². The number of aryl methyl sites for hydroxylation is 1. The van der Waals surface area contributed by atoms with Gasteiger partial charge in [0.05, 0.1) is 6.42 Å². The van der Waals surface area contributed by atoms with Crippen molar-refractivity contribution in [2.45, 2.75) is 70.9 Å². The molecule has 0 spiro atoms. The van der Waals surface area contributed by atoms with Gasteiger partial charge in [-0.1, -0.05) is 62.6 Å². The van der Waals surface area contributed by atoms with Gasteiger partial charge in [0, 0.05) is 27.9 Å². The summed E-state index contributed by atoms with van der Waals surface area (Å²) in [5, 5.41) is 1.98. The van der Waals surface area contributed by atoms with Crippen molar-refractivity contribution in [2.75, 3.05) is 4.90 Å². The predicted octanol–water partition coefficient (Wildman–Crippen LogP) is 6.03. The van der Waals surface area contributed by atoms with Crippen LogP contribution in [0.1, 0.15) is 55.9 Å². The van der Waals surface area contributed by atoms with Crippen LogP contribution in [0.4, 0.5) is 5.69 Å². The first kappa shape index (κ1) is 22.5. The molecule has 0 saturated heterocycles. The molecule has 4 nitrogen and oxygen atoms in total. The Kier molecular flexibility index (Phi) is 6.95. The second-order valence-corrected chi connectivity index (χ2v) is 9.75. The number of anilines is 1. The summed E-state index contributed by atoms with van der Waals surface area (Å²) in [6.07, 6.45) is 8.42. The molecule has 1 saturated carbocycles. The van der Waals surface area contributed by atoms with Crippen LogP contribution in [0.5, 0.6) is 0 Å². The zero-order valence-corrected chi connectivity index (χ0v) is 19.9. The van der Waals surface area contributed by atoms with Gasteiger partial charge in [0.2, 0.25) is 5.91 Å². The average molecular weight is 449 g/mol. The van der Waals surface area contributed by atoms with Crippen LogP contribution in [0.25, 0.3) is 0 Å². The van der Waals surface area contributed by atoms with Gasteiger partial charge >= 0.3 is 0 Å².